The number of hydrogen-bond donors (Lipinski definition) is 1. The molecule has 12 heavy (non-hydrogen) atoms. The van der Waals surface area contributed by atoms with E-state index in [0.717, 1.165) is 13.1 Å². The van der Waals surface area contributed by atoms with Crippen LogP contribution in [0.2, 0.25) is 0 Å². The van der Waals surface area contributed by atoms with Gasteiger partial charge in [-0.05, 0) is 50.6 Å². The zero-order chi connectivity index (χ0) is 8.28. The average Bonchev–Trinajstić information content (AvgIpc) is 2.47. The van der Waals surface area contributed by atoms with Gasteiger partial charge in [-0.1, -0.05) is 0 Å². The molecule has 69 valence electrons. The summed E-state index contributed by atoms with van der Waals surface area (Å²) in [6, 6.07) is 0. The molecule has 0 bridgehead atoms. The third-order valence-electron chi connectivity index (χ3n) is 3.37. The van der Waals surface area contributed by atoms with Crippen molar-refractivity contribution in [3.63, 3.8) is 0 Å². The van der Waals surface area contributed by atoms with Crippen LogP contribution in [0.15, 0.2) is 0 Å². The molecule has 0 amide bonds. The molecule has 2 nitrogen and oxygen atoms in total. The van der Waals surface area contributed by atoms with E-state index in [1.54, 1.807) is 0 Å². The van der Waals surface area contributed by atoms with Gasteiger partial charge < -0.3 is 5.32 Å². The molecule has 2 aliphatic heterocycles. The van der Waals surface area contributed by atoms with E-state index >= 15 is 0 Å². The van der Waals surface area contributed by atoms with Crippen molar-refractivity contribution in [1.29, 1.82) is 0 Å². The fraction of sp³-hybridized carbons (Fsp3) is 1.00. The fourth-order valence-electron chi connectivity index (χ4n) is 2.55. The Morgan fingerprint density at radius 2 is 1.75 bits per heavy atom. The smallest absolute Gasteiger partial charge is 0.0190 e. The molecule has 2 heterocycles. The normalized spacial score (nSPS) is 30.0. The van der Waals surface area contributed by atoms with Gasteiger partial charge in [0, 0.05) is 13.1 Å². The first-order chi connectivity index (χ1) is 5.91. The standard InChI is InChI=1S/C10H19N2/c1-3-10(5-8-12-9-10)4-2-7-11-6-1/h11H,1-9H2. The van der Waals surface area contributed by atoms with Gasteiger partial charge in [-0.25, -0.2) is 5.32 Å². The fourth-order valence-corrected chi connectivity index (χ4v) is 2.55. The Balaban J connectivity index is 1.92. The number of nitrogens with zero attached hydrogens (tertiary/aromatic N) is 1. The second-order valence-corrected chi connectivity index (χ2v) is 4.31. The molecule has 2 saturated heterocycles. The van der Waals surface area contributed by atoms with E-state index in [9.17, 15) is 0 Å². The molecular formula is C10H19N2. The van der Waals surface area contributed by atoms with E-state index in [2.05, 4.69) is 10.6 Å². The van der Waals surface area contributed by atoms with E-state index in [-0.39, 0.29) is 0 Å². The van der Waals surface area contributed by atoms with Crippen molar-refractivity contribution in [1.82, 2.24) is 10.6 Å². The topological polar surface area (TPSA) is 26.1 Å². The third kappa shape index (κ3) is 1.80. The van der Waals surface area contributed by atoms with Crippen molar-refractivity contribution >= 4 is 0 Å². The summed E-state index contributed by atoms with van der Waals surface area (Å²) in [5.41, 5.74) is 0.641. The van der Waals surface area contributed by atoms with Crippen molar-refractivity contribution in [3.05, 3.63) is 0 Å². The molecule has 0 aliphatic carbocycles. The maximum atomic E-state index is 4.51. The molecule has 0 atom stereocenters. The second kappa shape index (κ2) is 3.75. The molecule has 0 aromatic heterocycles. The van der Waals surface area contributed by atoms with Crippen molar-refractivity contribution in [2.45, 2.75) is 32.1 Å². The first-order valence-corrected chi connectivity index (χ1v) is 5.25. The van der Waals surface area contributed by atoms with Crippen LogP contribution in [0, 0.1) is 5.41 Å². The van der Waals surface area contributed by atoms with E-state index in [4.69, 9.17) is 0 Å². The van der Waals surface area contributed by atoms with Crippen LogP contribution >= 0.6 is 0 Å². The average molecular weight is 167 g/mol. The van der Waals surface area contributed by atoms with Crippen LogP contribution in [-0.2, 0) is 0 Å². The van der Waals surface area contributed by atoms with E-state index in [1.165, 1.54) is 45.2 Å². The predicted molar refractivity (Wildman–Crippen MR) is 50.3 cm³/mol. The van der Waals surface area contributed by atoms with Crippen LogP contribution in [0.1, 0.15) is 32.1 Å². The van der Waals surface area contributed by atoms with Crippen molar-refractivity contribution in [3.8, 4) is 0 Å². The van der Waals surface area contributed by atoms with Crippen LogP contribution in [-0.4, -0.2) is 26.2 Å². The minimum absolute atomic E-state index is 0.641. The maximum Gasteiger partial charge on any atom is 0.0190 e. The number of nitrogens with one attached hydrogen (secondary N) is 1. The Labute approximate surface area is 75.1 Å². The van der Waals surface area contributed by atoms with E-state index < -0.39 is 0 Å². The van der Waals surface area contributed by atoms with Crippen LogP contribution in [0.5, 0.6) is 0 Å². The molecule has 0 aromatic carbocycles. The Kier molecular flexibility index (Phi) is 2.66. The lowest BCUT2D eigenvalue weighted by Gasteiger charge is -2.30. The van der Waals surface area contributed by atoms with Crippen LogP contribution < -0.4 is 10.6 Å². The number of rotatable bonds is 0. The summed E-state index contributed by atoms with van der Waals surface area (Å²) in [6.45, 7) is 4.74. The van der Waals surface area contributed by atoms with Crippen LogP contribution in [0.25, 0.3) is 0 Å². The maximum absolute atomic E-state index is 4.51. The summed E-state index contributed by atoms with van der Waals surface area (Å²) in [5.74, 6) is 0. The van der Waals surface area contributed by atoms with Gasteiger partial charge in [-0.3, -0.25) is 0 Å². The summed E-state index contributed by atoms with van der Waals surface area (Å²) in [6.07, 6.45) is 6.89. The highest BCUT2D eigenvalue weighted by atomic mass is 14.9. The molecule has 0 aromatic rings. The largest absolute Gasteiger partial charge is 0.317 e. The highest BCUT2D eigenvalue weighted by Gasteiger charge is 2.33. The molecule has 2 fully saturated rings. The summed E-state index contributed by atoms with van der Waals surface area (Å²) in [5, 5.41) is 7.98. The zero-order valence-corrected chi connectivity index (χ0v) is 7.81. The zero-order valence-electron chi connectivity index (χ0n) is 7.81. The first kappa shape index (κ1) is 8.52. The molecule has 1 N–H and O–H groups in total. The van der Waals surface area contributed by atoms with Gasteiger partial charge in [0.1, 0.15) is 0 Å². The van der Waals surface area contributed by atoms with Gasteiger partial charge in [0.2, 0.25) is 0 Å². The Bertz CT molecular complexity index is 129. The summed E-state index contributed by atoms with van der Waals surface area (Å²) in [7, 11) is 0. The minimum Gasteiger partial charge on any atom is -0.317 e. The molecule has 2 aliphatic rings. The monoisotopic (exact) mass is 167 g/mol. The van der Waals surface area contributed by atoms with E-state index in [1.807, 2.05) is 0 Å². The van der Waals surface area contributed by atoms with Crippen LogP contribution in [0.4, 0.5) is 0 Å². The van der Waals surface area contributed by atoms with E-state index in [0.29, 0.717) is 5.41 Å². The number of hydrogen-bond acceptors (Lipinski definition) is 1. The molecule has 1 radical (unpaired) electrons. The molecular weight excluding hydrogens is 148 g/mol. The van der Waals surface area contributed by atoms with Crippen molar-refractivity contribution in [2.75, 3.05) is 26.2 Å². The molecule has 1 spiro atoms. The van der Waals surface area contributed by atoms with Gasteiger partial charge in [0.05, 0.1) is 0 Å². The first-order valence-electron chi connectivity index (χ1n) is 5.25. The Morgan fingerprint density at radius 3 is 2.33 bits per heavy atom. The van der Waals surface area contributed by atoms with Gasteiger partial charge in [0.15, 0.2) is 0 Å². The third-order valence-corrected chi connectivity index (χ3v) is 3.37. The molecule has 0 saturated carbocycles. The minimum atomic E-state index is 0.641. The molecule has 0 unspecified atom stereocenters. The summed E-state index contributed by atoms with van der Waals surface area (Å²) < 4.78 is 0. The van der Waals surface area contributed by atoms with Crippen molar-refractivity contribution < 1.29 is 0 Å². The predicted octanol–water partition coefficient (Wildman–Crippen LogP) is 1.14. The Hall–Kier alpha value is -0.0800. The summed E-state index contributed by atoms with van der Waals surface area (Å²) >= 11 is 0. The summed E-state index contributed by atoms with van der Waals surface area (Å²) in [4.78, 5) is 0. The lowest BCUT2D eigenvalue weighted by atomic mass is 9.77. The Morgan fingerprint density at radius 1 is 1.00 bits per heavy atom. The van der Waals surface area contributed by atoms with Gasteiger partial charge >= 0.3 is 0 Å². The quantitative estimate of drug-likeness (QED) is 0.575. The lowest BCUT2D eigenvalue weighted by molar-refractivity contribution is 0.241. The van der Waals surface area contributed by atoms with Crippen LogP contribution in [0.3, 0.4) is 0 Å². The highest BCUT2D eigenvalue weighted by molar-refractivity contribution is 4.88. The highest BCUT2D eigenvalue weighted by Crippen LogP contribution is 2.36. The van der Waals surface area contributed by atoms with Gasteiger partial charge in [-0.15, -0.1) is 0 Å². The lowest BCUT2D eigenvalue weighted by Crippen LogP contribution is -2.29. The van der Waals surface area contributed by atoms with Crippen molar-refractivity contribution in [2.24, 2.45) is 5.41 Å². The van der Waals surface area contributed by atoms with Gasteiger partial charge in [0.25, 0.3) is 0 Å². The van der Waals surface area contributed by atoms with Gasteiger partial charge in [-0.2, -0.15) is 0 Å². The SMILES string of the molecule is C1CNCCCC2(C1)CC[N]C2. The second-order valence-electron chi connectivity index (χ2n) is 4.31. The molecule has 2 rings (SSSR count). The molecule has 2 heteroatoms.